The van der Waals surface area contributed by atoms with Crippen molar-refractivity contribution < 1.29 is 9.90 Å². The van der Waals surface area contributed by atoms with Crippen LogP contribution in [0.3, 0.4) is 0 Å². The molecule has 1 saturated heterocycles. The minimum atomic E-state index is -0.365. The summed E-state index contributed by atoms with van der Waals surface area (Å²) in [6.07, 6.45) is 0.988. The molecule has 1 aliphatic rings. The monoisotopic (exact) mass is 158 g/mol. The molecular weight excluding hydrogens is 144 g/mol. The second kappa shape index (κ2) is 3.69. The SMILES string of the molecule is CNC1CCN(C(=O)CO)C1. The minimum Gasteiger partial charge on any atom is -0.387 e. The van der Waals surface area contributed by atoms with Crippen molar-refractivity contribution >= 4 is 5.91 Å². The molecule has 0 bridgehead atoms. The number of carbonyl (C=O) groups excluding carboxylic acids is 1. The second-order valence-corrected chi connectivity index (χ2v) is 2.77. The Morgan fingerprint density at radius 2 is 2.55 bits per heavy atom. The Balaban J connectivity index is 2.35. The van der Waals surface area contributed by atoms with E-state index in [-0.39, 0.29) is 12.5 Å². The van der Waals surface area contributed by atoms with E-state index in [1.165, 1.54) is 0 Å². The van der Waals surface area contributed by atoms with E-state index in [2.05, 4.69) is 5.32 Å². The van der Waals surface area contributed by atoms with E-state index >= 15 is 0 Å². The molecule has 1 fully saturated rings. The van der Waals surface area contributed by atoms with Gasteiger partial charge in [-0.05, 0) is 13.5 Å². The summed E-state index contributed by atoms with van der Waals surface area (Å²) in [5.74, 6) is -0.164. The van der Waals surface area contributed by atoms with Crippen LogP contribution in [0.15, 0.2) is 0 Å². The van der Waals surface area contributed by atoms with Gasteiger partial charge in [0.25, 0.3) is 0 Å². The molecule has 11 heavy (non-hydrogen) atoms. The number of nitrogens with zero attached hydrogens (tertiary/aromatic N) is 1. The van der Waals surface area contributed by atoms with Crippen LogP contribution < -0.4 is 5.32 Å². The van der Waals surface area contributed by atoms with Crippen LogP contribution in [0.5, 0.6) is 0 Å². The first kappa shape index (κ1) is 8.49. The van der Waals surface area contributed by atoms with Gasteiger partial charge in [-0.2, -0.15) is 0 Å². The molecule has 2 N–H and O–H groups in total. The van der Waals surface area contributed by atoms with Crippen LogP contribution in [0.4, 0.5) is 0 Å². The van der Waals surface area contributed by atoms with Crippen LogP contribution in [-0.4, -0.2) is 48.7 Å². The van der Waals surface area contributed by atoms with Crippen molar-refractivity contribution in [2.24, 2.45) is 0 Å². The van der Waals surface area contributed by atoms with Crippen molar-refractivity contribution in [2.45, 2.75) is 12.5 Å². The Morgan fingerprint density at radius 3 is 3.00 bits per heavy atom. The molecule has 64 valence electrons. The molecular formula is C7H14N2O2. The molecule has 0 aliphatic carbocycles. The van der Waals surface area contributed by atoms with Crippen LogP contribution in [0.25, 0.3) is 0 Å². The van der Waals surface area contributed by atoms with E-state index in [1.807, 2.05) is 7.05 Å². The normalized spacial score (nSPS) is 24.2. The molecule has 0 aromatic carbocycles. The zero-order chi connectivity index (χ0) is 8.27. The predicted molar refractivity (Wildman–Crippen MR) is 41.1 cm³/mol. The zero-order valence-electron chi connectivity index (χ0n) is 6.71. The highest BCUT2D eigenvalue weighted by Gasteiger charge is 2.23. The average molecular weight is 158 g/mol. The maximum atomic E-state index is 10.9. The highest BCUT2D eigenvalue weighted by Crippen LogP contribution is 2.07. The van der Waals surface area contributed by atoms with Gasteiger partial charge in [0, 0.05) is 19.1 Å². The summed E-state index contributed by atoms with van der Waals surface area (Å²) in [4.78, 5) is 12.6. The van der Waals surface area contributed by atoms with Gasteiger partial charge in [-0.1, -0.05) is 0 Å². The Labute approximate surface area is 66.2 Å². The molecule has 1 rings (SSSR count). The highest BCUT2D eigenvalue weighted by atomic mass is 16.3. The fourth-order valence-electron chi connectivity index (χ4n) is 1.32. The fourth-order valence-corrected chi connectivity index (χ4v) is 1.32. The first-order valence-corrected chi connectivity index (χ1v) is 3.84. The Hall–Kier alpha value is -0.610. The van der Waals surface area contributed by atoms with Crippen LogP contribution in [0.1, 0.15) is 6.42 Å². The molecule has 1 aliphatic heterocycles. The topological polar surface area (TPSA) is 52.6 Å². The standard InChI is InChI=1S/C7H14N2O2/c1-8-6-2-3-9(4-6)7(11)5-10/h6,8,10H,2-5H2,1H3. The first-order chi connectivity index (χ1) is 5.27. The summed E-state index contributed by atoms with van der Waals surface area (Å²) in [6, 6.07) is 0.408. The molecule has 0 radical (unpaired) electrons. The van der Waals surface area contributed by atoms with Gasteiger partial charge >= 0.3 is 0 Å². The van der Waals surface area contributed by atoms with Gasteiger partial charge in [0.2, 0.25) is 5.91 Å². The summed E-state index contributed by atoms with van der Waals surface area (Å²) in [6.45, 7) is 1.14. The van der Waals surface area contributed by atoms with Crippen LogP contribution in [0.2, 0.25) is 0 Å². The van der Waals surface area contributed by atoms with Crippen molar-refractivity contribution in [3.63, 3.8) is 0 Å². The molecule has 0 aromatic heterocycles. The Kier molecular flexibility index (Phi) is 2.84. The lowest BCUT2D eigenvalue weighted by molar-refractivity contribution is -0.133. The number of carbonyl (C=O) groups is 1. The molecule has 4 heteroatoms. The maximum absolute atomic E-state index is 10.9. The molecule has 1 unspecified atom stereocenters. The van der Waals surface area contributed by atoms with E-state index < -0.39 is 0 Å². The number of hydrogen-bond donors (Lipinski definition) is 2. The quantitative estimate of drug-likeness (QED) is 0.530. The number of aliphatic hydroxyl groups excluding tert-OH is 1. The first-order valence-electron chi connectivity index (χ1n) is 3.84. The summed E-state index contributed by atoms with van der Waals surface area (Å²) in [5, 5.41) is 11.6. The van der Waals surface area contributed by atoms with Crippen molar-refractivity contribution in [3.8, 4) is 0 Å². The van der Waals surface area contributed by atoms with Crippen molar-refractivity contribution in [1.82, 2.24) is 10.2 Å². The third-order valence-corrected chi connectivity index (χ3v) is 2.08. The second-order valence-electron chi connectivity index (χ2n) is 2.77. The van der Waals surface area contributed by atoms with Gasteiger partial charge in [-0.15, -0.1) is 0 Å². The minimum absolute atomic E-state index is 0.164. The third kappa shape index (κ3) is 1.91. The lowest BCUT2D eigenvalue weighted by Gasteiger charge is -2.14. The fraction of sp³-hybridized carbons (Fsp3) is 0.857. The van der Waals surface area contributed by atoms with Crippen LogP contribution in [-0.2, 0) is 4.79 Å². The number of likely N-dealkylation sites (tertiary alicyclic amines) is 1. The Bertz CT molecular complexity index is 149. The van der Waals surface area contributed by atoms with Gasteiger partial charge in [0.15, 0.2) is 0 Å². The molecule has 0 spiro atoms. The van der Waals surface area contributed by atoms with E-state index in [4.69, 9.17) is 5.11 Å². The van der Waals surface area contributed by atoms with Gasteiger partial charge in [0.1, 0.15) is 6.61 Å². The lowest BCUT2D eigenvalue weighted by Crippen LogP contribution is -2.34. The average Bonchev–Trinajstić information content (AvgIpc) is 2.50. The smallest absolute Gasteiger partial charge is 0.248 e. The van der Waals surface area contributed by atoms with Crippen LogP contribution in [0, 0.1) is 0 Å². The molecule has 0 aromatic rings. The molecule has 1 atom stereocenters. The van der Waals surface area contributed by atoms with E-state index in [0.717, 1.165) is 19.5 Å². The van der Waals surface area contributed by atoms with E-state index in [9.17, 15) is 4.79 Å². The van der Waals surface area contributed by atoms with Gasteiger partial charge < -0.3 is 15.3 Å². The molecule has 1 amide bonds. The van der Waals surface area contributed by atoms with Gasteiger partial charge in [-0.25, -0.2) is 0 Å². The third-order valence-electron chi connectivity index (χ3n) is 2.08. The summed E-state index contributed by atoms with van der Waals surface area (Å²) in [7, 11) is 1.89. The predicted octanol–water partition coefficient (Wildman–Crippen LogP) is -1.20. The number of likely N-dealkylation sites (N-methyl/N-ethyl adjacent to an activating group) is 1. The summed E-state index contributed by atoms with van der Waals surface area (Å²) >= 11 is 0. The highest BCUT2D eigenvalue weighted by molar-refractivity contribution is 5.77. The number of nitrogens with one attached hydrogen (secondary N) is 1. The van der Waals surface area contributed by atoms with Gasteiger partial charge in [0.05, 0.1) is 0 Å². The largest absolute Gasteiger partial charge is 0.387 e. The zero-order valence-corrected chi connectivity index (χ0v) is 6.71. The Morgan fingerprint density at radius 1 is 1.82 bits per heavy atom. The maximum Gasteiger partial charge on any atom is 0.248 e. The summed E-state index contributed by atoms with van der Waals surface area (Å²) < 4.78 is 0. The number of rotatable bonds is 2. The lowest BCUT2D eigenvalue weighted by atomic mass is 10.3. The van der Waals surface area contributed by atoms with Crippen LogP contribution >= 0.6 is 0 Å². The van der Waals surface area contributed by atoms with Crippen molar-refractivity contribution in [3.05, 3.63) is 0 Å². The van der Waals surface area contributed by atoms with E-state index in [1.54, 1.807) is 4.90 Å². The molecule has 1 heterocycles. The van der Waals surface area contributed by atoms with Crippen molar-refractivity contribution in [1.29, 1.82) is 0 Å². The molecule has 0 saturated carbocycles. The summed E-state index contributed by atoms with van der Waals surface area (Å²) in [5.41, 5.74) is 0. The number of aliphatic hydroxyl groups is 1. The number of amides is 1. The van der Waals surface area contributed by atoms with Gasteiger partial charge in [-0.3, -0.25) is 4.79 Å². The molecule has 4 nitrogen and oxygen atoms in total. The van der Waals surface area contributed by atoms with E-state index in [0.29, 0.717) is 6.04 Å². The number of hydrogen-bond acceptors (Lipinski definition) is 3. The van der Waals surface area contributed by atoms with Crippen molar-refractivity contribution in [2.75, 3.05) is 26.7 Å².